The Balaban J connectivity index is 3.71. The van der Waals surface area contributed by atoms with E-state index in [1.54, 1.807) is 0 Å². The third kappa shape index (κ3) is 6.50. The van der Waals surface area contributed by atoms with Crippen molar-refractivity contribution in [1.29, 1.82) is 0 Å². The average Bonchev–Trinajstić information content (AvgIpc) is 2.11. The van der Waals surface area contributed by atoms with Crippen LogP contribution in [-0.2, 0) is 14.8 Å². The molecule has 6 nitrogen and oxygen atoms in total. The summed E-state index contributed by atoms with van der Waals surface area (Å²) in [4.78, 5) is 10.9. The van der Waals surface area contributed by atoms with E-state index in [0.717, 1.165) is 0 Å². The lowest BCUT2D eigenvalue weighted by molar-refractivity contribution is -0.119. The van der Waals surface area contributed by atoms with Crippen LogP contribution in [0.25, 0.3) is 0 Å². The number of hydrogen-bond donors (Lipinski definition) is 3. The van der Waals surface area contributed by atoms with Gasteiger partial charge in [-0.1, -0.05) is 0 Å². The summed E-state index contributed by atoms with van der Waals surface area (Å²) in [6.07, 6.45) is 0. The van der Waals surface area contributed by atoms with Crippen molar-refractivity contribution in [2.24, 2.45) is 5.73 Å². The Labute approximate surface area is 77.9 Å². The molecule has 0 fully saturated rings. The van der Waals surface area contributed by atoms with Gasteiger partial charge in [0.2, 0.25) is 15.9 Å². The molecule has 0 spiro atoms. The summed E-state index contributed by atoms with van der Waals surface area (Å²) in [5.41, 5.74) is 5.13. The maximum Gasteiger partial charge on any atom is 0.235 e. The standard InChI is InChI=1S/C6H15N3O3S/c1-2-13(11,12)9-5-6(10)8-4-3-7/h9H,2-5,7H2,1H3,(H,8,10). The predicted molar refractivity (Wildman–Crippen MR) is 49.5 cm³/mol. The van der Waals surface area contributed by atoms with Crippen LogP contribution in [0.1, 0.15) is 6.92 Å². The Morgan fingerprint density at radius 3 is 2.54 bits per heavy atom. The van der Waals surface area contributed by atoms with Crippen molar-refractivity contribution in [3.8, 4) is 0 Å². The zero-order valence-electron chi connectivity index (χ0n) is 7.54. The normalized spacial score (nSPS) is 11.2. The number of carbonyl (C=O) groups is 1. The monoisotopic (exact) mass is 209 g/mol. The second kappa shape index (κ2) is 5.90. The molecule has 0 aromatic carbocycles. The van der Waals surface area contributed by atoms with Gasteiger partial charge in [0.1, 0.15) is 0 Å². The molecule has 0 aliphatic rings. The lowest BCUT2D eigenvalue weighted by Crippen LogP contribution is -2.39. The fraction of sp³-hybridized carbons (Fsp3) is 0.833. The molecular weight excluding hydrogens is 194 g/mol. The van der Waals surface area contributed by atoms with Crippen molar-refractivity contribution in [3.63, 3.8) is 0 Å². The van der Waals surface area contributed by atoms with Gasteiger partial charge in [-0.3, -0.25) is 4.79 Å². The smallest absolute Gasteiger partial charge is 0.235 e. The second-order valence-corrected chi connectivity index (χ2v) is 4.46. The molecule has 1 amide bonds. The summed E-state index contributed by atoms with van der Waals surface area (Å²) in [6, 6.07) is 0. The van der Waals surface area contributed by atoms with E-state index in [2.05, 4.69) is 10.0 Å². The van der Waals surface area contributed by atoms with E-state index in [1.807, 2.05) is 0 Å². The van der Waals surface area contributed by atoms with Crippen molar-refractivity contribution in [1.82, 2.24) is 10.0 Å². The summed E-state index contributed by atoms with van der Waals surface area (Å²) in [6.45, 7) is 1.97. The molecule has 0 aliphatic carbocycles. The van der Waals surface area contributed by atoms with Crippen molar-refractivity contribution in [2.75, 3.05) is 25.4 Å². The number of rotatable bonds is 6. The molecule has 0 unspecified atom stereocenters. The van der Waals surface area contributed by atoms with Crippen LogP contribution in [0.15, 0.2) is 0 Å². The minimum Gasteiger partial charge on any atom is -0.354 e. The molecular formula is C6H15N3O3S. The van der Waals surface area contributed by atoms with E-state index < -0.39 is 10.0 Å². The Morgan fingerprint density at radius 2 is 2.08 bits per heavy atom. The Kier molecular flexibility index (Phi) is 5.60. The van der Waals surface area contributed by atoms with Crippen molar-refractivity contribution < 1.29 is 13.2 Å². The first-order valence-corrected chi connectivity index (χ1v) is 5.61. The minimum absolute atomic E-state index is 0.0306. The Morgan fingerprint density at radius 1 is 1.46 bits per heavy atom. The van der Waals surface area contributed by atoms with Crippen LogP contribution >= 0.6 is 0 Å². The highest BCUT2D eigenvalue weighted by Crippen LogP contribution is 1.80. The van der Waals surface area contributed by atoms with Gasteiger partial charge in [0.15, 0.2) is 0 Å². The molecule has 13 heavy (non-hydrogen) atoms. The summed E-state index contributed by atoms with van der Waals surface area (Å²) in [5, 5.41) is 2.44. The van der Waals surface area contributed by atoms with Gasteiger partial charge in [0.25, 0.3) is 0 Å². The van der Waals surface area contributed by atoms with Gasteiger partial charge in [-0.2, -0.15) is 0 Å². The summed E-state index contributed by atoms with van der Waals surface area (Å²) < 4.78 is 23.9. The third-order valence-corrected chi connectivity index (χ3v) is 2.64. The van der Waals surface area contributed by atoms with E-state index in [9.17, 15) is 13.2 Å². The van der Waals surface area contributed by atoms with Crippen molar-refractivity contribution in [3.05, 3.63) is 0 Å². The number of carbonyl (C=O) groups excluding carboxylic acids is 1. The van der Waals surface area contributed by atoms with Gasteiger partial charge in [-0.15, -0.1) is 0 Å². The van der Waals surface area contributed by atoms with E-state index in [1.165, 1.54) is 6.92 Å². The minimum atomic E-state index is -3.28. The zero-order valence-corrected chi connectivity index (χ0v) is 8.36. The zero-order chi connectivity index (χ0) is 10.3. The first-order valence-electron chi connectivity index (χ1n) is 3.96. The van der Waals surface area contributed by atoms with Crippen LogP contribution in [0.5, 0.6) is 0 Å². The number of hydrogen-bond acceptors (Lipinski definition) is 4. The lowest BCUT2D eigenvalue weighted by atomic mass is 10.5. The molecule has 78 valence electrons. The first-order chi connectivity index (χ1) is 6.02. The maximum absolute atomic E-state index is 10.9. The molecule has 0 saturated heterocycles. The molecule has 4 N–H and O–H groups in total. The van der Waals surface area contributed by atoms with Gasteiger partial charge < -0.3 is 11.1 Å². The first kappa shape index (κ1) is 12.3. The maximum atomic E-state index is 10.9. The van der Waals surface area contributed by atoms with E-state index in [-0.39, 0.29) is 18.2 Å². The van der Waals surface area contributed by atoms with Gasteiger partial charge in [0.05, 0.1) is 12.3 Å². The number of amides is 1. The number of nitrogens with one attached hydrogen (secondary N) is 2. The molecule has 0 aliphatic heterocycles. The molecule has 0 aromatic rings. The van der Waals surface area contributed by atoms with Crippen LogP contribution in [0, 0.1) is 0 Å². The largest absolute Gasteiger partial charge is 0.354 e. The van der Waals surface area contributed by atoms with E-state index in [4.69, 9.17) is 5.73 Å². The highest BCUT2D eigenvalue weighted by molar-refractivity contribution is 7.89. The van der Waals surface area contributed by atoms with Crippen LogP contribution < -0.4 is 15.8 Å². The van der Waals surface area contributed by atoms with Crippen LogP contribution in [0.2, 0.25) is 0 Å². The molecule has 0 saturated carbocycles. The molecule has 0 bridgehead atoms. The van der Waals surface area contributed by atoms with E-state index >= 15 is 0 Å². The third-order valence-electron chi connectivity index (χ3n) is 1.30. The lowest BCUT2D eigenvalue weighted by Gasteiger charge is -2.04. The molecule has 0 atom stereocenters. The van der Waals surface area contributed by atoms with E-state index in [0.29, 0.717) is 13.1 Å². The fourth-order valence-corrected chi connectivity index (χ4v) is 1.11. The quantitative estimate of drug-likeness (QED) is 0.471. The second-order valence-electron chi connectivity index (χ2n) is 2.36. The Hall–Kier alpha value is -0.660. The molecule has 0 aromatic heterocycles. The topological polar surface area (TPSA) is 101 Å². The van der Waals surface area contributed by atoms with Crippen molar-refractivity contribution in [2.45, 2.75) is 6.92 Å². The summed E-state index contributed by atoms with van der Waals surface area (Å²) >= 11 is 0. The highest BCUT2D eigenvalue weighted by Gasteiger charge is 2.08. The molecule has 7 heteroatoms. The summed E-state index contributed by atoms with van der Waals surface area (Å²) in [7, 11) is -3.28. The Bertz CT molecular complexity index is 250. The average molecular weight is 209 g/mol. The number of sulfonamides is 1. The van der Waals surface area contributed by atoms with Crippen LogP contribution in [-0.4, -0.2) is 39.7 Å². The molecule has 0 rings (SSSR count). The predicted octanol–water partition coefficient (Wildman–Crippen LogP) is -2.00. The molecule has 0 heterocycles. The summed E-state index contributed by atoms with van der Waals surface area (Å²) in [5.74, 6) is -0.403. The SMILES string of the molecule is CCS(=O)(=O)NCC(=O)NCCN. The molecule has 0 radical (unpaired) electrons. The van der Waals surface area contributed by atoms with Gasteiger partial charge in [-0.05, 0) is 6.92 Å². The van der Waals surface area contributed by atoms with Crippen molar-refractivity contribution >= 4 is 15.9 Å². The number of nitrogens with two attached hydrogens (primary N) is 1. The van der Waals surface area contributed by atoms with Gasteiger partial charge in [-0.25, -0.2) is 13.1 Å². The van der Waals surface area contributed by atoms with Crippen LogP contribution in [0.4, 0.5) is 0 Å². The van der Waals surface area contributed by atoms with Crippen LogP contribution in [0.3, 0.4) is 0 Å². The van der Waals surface area contributed by atoms with Gasteiger partial charge >= 0.3 is 0 Å². The van der Waals surface area contributed by atoms with Gasteiger partial charge in [0, 0.05) is 13.1 Å². The fourth-order valence-electron chi connectivity index (χ4n) is 0.552. The highest BCUT2D eigenvalue weighted by atomic mass is 32.2.